The Bertz CT molecular complexity index is 519. The highest BCUT2D eigenvalue weighted by molar-refractivity contribution is 7.09. The standard InChI is InChI=1S/C13H14F2N2OS/c1-18-7-5-16-12(13-17-6-8-19-13)9-3-2-4-10(14)11(9)15/h2-4,6,8,12,16H,5,7H2,1H3. The molecule has 1 heterocycles. The predicted molar refractivity (Wildman–Crippen MR) is 70.2 cm³/mol. The van der Waals surface area contributed by atoms with Crippen molar-refractivity contribution in [2.45, 2.75) is 6.04 Å². The lowest BCUT2D eigenvalue weighted by Crippen LogP contribution is -2.26. The molecule has 1 aromatic heterocycles. The first-order valence-electron chi connectivity index (χ1n) is 5.79. The summed E-state index contributed by atoms with van der Waals surface area (Å²) in [5, 5.41) is 5.62. The average molecular weight is 284 g/mol. The predicted octanol–water partition coefficient (Wildman–Crippen LogP) is 2.75. The van der Waals surface area contributed by atoms with E-state index < -0.39 is 17.7 Å². The number of rotatable bonds is 6. The highest BCUT2D eigenvalue weighted by Gasteiger charge is 2.21. The lowest BCUT2D eigenvalue weighted by atomic mass is 10.1. The molecule has 0 fully saturated rings. The molecular weight excluding hydrogens is 270 g/mol. The Morgan fingerprint density at radius 1 is 1.42 bits per heavy atom. The van der Waals surface area contributed by atoms with Crippen LogP contribution in [0.3, 0.4) is 0 Å². The maximum absolute atomic E-state index is 13.9. The molecule has 0 aliphatic rings. The molecule has 0 saturated heterocycles. The first-order valence-corrected chi connectivity index (χ1v) is 6.67. The monoisotopic (exact) mass is 284 g/mol. The van der Waals surface area contributed by atoms with E-state index in [-0.39, 0.29) is 5.56 Å². The third-order valence-corrected chi connectivity index (χ3v) is 3.49. The molecule has 1 unspecified atom stereocenters. The van der Waals surface area contributed by atoms with Crippen LogP contribution in [0, 0.1) is 11.6 Å². The minimum Gasteiger partial charge on any atom is -0.383 e. The summed E-state index contributed by atoms with van der Waals surface area (Å²) in [5.74, 6) is -1.69. The molecule has 0 aliphatic heterocycles. The number of ether oxygens (including phenoxy) is 1. The third kappa shape index (κ3) is 3.34. The van der Waals surface area contributed by atoms with Crippen molar-refractivity contribution in [1.82, 2.24) is 10.3 Å². The van der Waals surface area contributed by atoms with E-state index in [1.807, 2.05) is 0 Å². The third-order valence-electron chi connectivity index (χ3n) is 2.65. The highest BCUT2D eigenvalue weighted by Crippen LogP contribution is 2.26. The highest BCUT2D eigenvalue weighted by atomic mass is 32.1. The zero-order chi connectivity index (χ0) is 13.7. The quantitative estimate of drug-likeness (QED) is 0.828. The van der Waals surface area contributed by atoms with Crippen molar-refractivity contribution in [3.63, 3.8) is 0 Å². The van der Waals surface area contributed by atoms with Gasteiger partial charge in [0.2, 0.25) is 0 Å². The molecule has 102 valence electrons. The average Bonchev–Trinajstić information content (AvgIpc) is 2.92. The summed E-state index contributed by atoms with van der Waals surface area (Å²) in [4.78, 5) is 4.17. The molecule has 19 heavy (non-hydrogen) atoms. The number of nitrogens with zero attached hydrogens (tertiary/aromatic N) is 1. The van der Waals surface area contributed by atoms with Gasteiger partial charge in [-0.05, 0) is 6.07 Å². The van der Waals surface area contributed by atoms with E-state index in [0.717, 1.165) is 6.07 Å². The van der Waals surface area contributed by atoms with Crippen LogP contribution in [-0.4, -0.2) is 25.2 Å². The molecule has 0 saturated carbocycles. The van der Waals surface area contributed by atoms with Gasteiger partial charge in [-0.3, -0.25) is 0 Å². The van der Waals surface area contributed by atoms with Crippen molar-refractivity contribution in [3.8, 4) is 0 Å². The van der Waals surface area contributed by atoms with Gasteiger partial charge in [0.05, 0.1) is 12.6 Å². The second kappa shape index (κ2) is 6.70. The van der Waals surface area contributed by atoms with Gasteiger partial charge in [-0.15, -0.1) is 11.3 Å². The second-order valence-corrected chi connectivity index (χ2v) is 4.82. The van der Waals surface area contributed by atoms with Crippen LogP contribution in [0.4, 0.5) is 8.78 Å². The molecule has 0 radical (unpaired) electrons. The SMILES string of the molecule is COCCNC(c1nccs1)c1cccc(F)c1F. The lowest BCUT2D eigenvalue weighted by molar-refractivity contribution is 0.197. The zero-order valence-electron chi connectivity index (χ0n) is 10.4. The van der Waals surface area contributed by atoms with Gasteiger partial charge in [0.25, 0.3) is 0 Å². The normalized spacial score (nSPS) is 12.6. The fourth-order valence-electron chi connectivity index (χ4n) is 1.76. The molecule has 2 aromatic rings. The molecule has 6 heteroatoms. The number of hydrogen-bond donors (Lipinski definition) is 1. The zero-order valence-corrected chi connectivity index (χ0v) is 11.2. The molecule has 1 aromatic carbocycles. The van der Waals surface area contributed by atoms with E-state index in [9.17, 15) is 8.78 Å². The van der Waals surface area contributed by atoms with Gasteiger partial charge in [-0.1, -0.05) is 12.1 Å². The number of nitrogens with one attached hydrogen (secondary N) is 1. The van der Waals surface area contributed by atoms with Gasteiger partial charge >= 0.3 is 0 Å². The fourth-order valence-corrected chi connectivity index (χ4v) is 2.49. The van der Waals surface area contributed by atoms with E-state index in [2.05, 4.69) is 10.3 Å². The van der Waals surface area contributed by atoms with Gasteiger partial charge in [-0.2, -0.15) is 0 Å². The van der Waals surface area contributed by atoms with Crippen LogP contribution in [0.5, 0.6) is 0 Å². The lowest BCUT2D eigenvalue weighted by Gasteiger charge is -2.17. The van der Waals surface area contributed by atoms with Gasteiger partial charge < -0.3 is 10.1 Å². The summed E-state index contributed by atoms with van der Waals surface area (Å²) in [6, 6.07) is 3.69. The second-order valence-electron chi connectivity index (χ2n) is 3.89. The van der Waals surface area contributed by atoms with Crippen molar-refractivity contribution < 1.29 is 13.5 Å². The Hall–Kier alpha value is -1.37. The van der Waals surface area contributed by atoms with Gasteiger partial charge in [0.1, 0.15) is 5.01 Å². The smallest absolute Gasteiger partial charge is 0.164 e. The van der Waals surface area contributed by atoms with E-state index in [0.29, 0.717) is 18.2 Å². The maximum atomic E-state index is 13.9. The van der Waals surface area contributed by atoms with Crippen LogP contribution in [0.1, 0.15) is 16.6 Å². The summed E-state index contributed by atoms with van der Waals surface area (Å²) in [6.45, 7) is 1.01. The van der Waals surface area contributed by atoms with Crippen LogP contribution in [0.2, 0.25) is 0 Å². The van der Waals surface area contributed by atoms with E-state index in [1.165, 1.54) is 17.4 Å². The van der Waals surface area contributed by atoms with Crippen LogP contribution >= 0.6 is 11.3 Å². The number of thiazole rings is 1. The van der Waals surface area contributed by atoms with Crippen molar-refractivity contribution in [2.75, 3.05) is 20.3 Å². The molecule has 0 amide bonds. The molecule has 3 nitrogen and oxygen atoms in total. The Labute approximate surface area is 114 Å². The van der Waals surface area contributed by atoms with Gasteiger partial charge in [0.15, 0.2) is 11.6 Å². The number of aromatic nitrogens is 1. The number of methoxy groups -OCH3 is 1. The Kier molecular flexibility index (Phi) is 4.95. The summed E-state index contributed by atoms with van der Waals surface area (Å²) >= 11 is 1.39. The Morgan fingerprint density at radius 3 is 2.95 bits per heavy atom. The van der Waals surface area contributed by atoms with Crippen LogP contribution < -0.4 is 5.32 Å². The minimum absolute atomic E-state index is 0.256. The number of hydrogen-bond acceptors (Lipinski definition) is 4. The fraction of sp³-hybridized carbons (Fsp3) is 0.308. The summed E-state index contributed by atoms with van der Waals surface area (Å²) in [6.07, 6.45) is 1.64. The van der Waals surface area contributed by atoms with Crippen LogP contribution in [0.25, 0.3) is 0 Å². The molecule has 1 atom stereocenters. The summed E-state index contributed by atoms with van der Waals surface area (Å²) in [5.41, 5.74) is 0.256. The molecule has 0 aliphatic carbocycles. The molecule has 0 bridgehead atoms. The molecule has 2 rings (SSSR count). The molecule has 0 spiro atoms. The summed E-state index contributed by atoms with van der Waals surface area (Å²) < 4.78 is 32.2. The van der Waals surface area contributed by atoms with Gasteiger partial charge in [0, 0.05) is 30.8 Å². The van der Waals surface area contributed by atoms with Crippen molar-refractivity contribution in [1.29, 1.82) is 0 Å². The topological polar surface area (TPSA) is 34.1 Å². The van der Waals surface area contributed by atoms with E-state index in [4.69, 9.17) is 4.74 Å². The van der Waals surface area contributed by atoms with E-state index >= 15 is 0 Å². The minimum atomic E-state index is -0.854. The van der Waals surface area contributed by atoms with Crippen LogP contribution in [-0.2, 0) is 4.74 Å². The number of halogens is 2. The largest absolute Gasteiger partial charge is 0.383 e. The molecule has 1 N–H and O–H groups in total. The number of benzene rings is 1. The first-order chi connectivity index (χ1) is 9.24. The van der Waals surface area contributed by atoms with Crippen molar-refractivity contribution in [3.05, 3.63) is 52.0 Å². The van der Waals surface area contributed by atoms with Gasteiger partial charge in [-0.25, -0.2) is 13.8 Å². The van der Waals surface area contributed by atoms with E-state index in [1.54, 1.807) is 24.8 Å². The van der Waals surface area contributed by atoms with Crippen molar-refractivity contribution in [2.24, 2.45) is 0 Å². The Morgan fingerprint density at radius 2 is 2.26 bits per heavy atom. The Balaban J connectivity index is 2.29. The summed E-state index contributed by atoms with van der Waals surface area (Å²) in [7, 11) is 1.59. The first kappa shape index (κ1) is 14.0. The van der Waals surface area contributed by atoms with Crippen molar-refractivity contribution >= 4 is 11.3 Å². The van der Waals surface area contributed by atoms with Crippen LogP contribution in [0.15, 0.2) is 29.8 Å². The maximum Gasteiger partial charge on any atom is 0.164 e. The molecular formula is C13H14F2N2OS.